The zero-order valence-corrected chi connectivity index (χ0v) is 19.2. The highest BCUT2D eigenvalue weighted by Crippen LogP contribution is 2.44. The van der Waals surface area contributed by atoms with Gasteiger partial charge in [-0.25, -0.2) is 4.79 Å². The molecule has 1 atom stereocenters. The van der Waals surface area contributed by atoms with Crippen molar-refractivity contribution in [3.63, 3.8) is 0 Å². The van der Waals surface area contributed by atoms with E-state index in [-0.39, 0.29) is 17.3 Å². The highest BCUT2D eigenvalue weighted by molar-refractivity contribution is 7.99. The van der Waals surface area contributed by atoms with Gasteiger partial charge in [0.2, 0.25) is 5.91 Å². The van der Waals surface area contributed by atoms with Gasteiger partial charge in [-0.3, -0.25) is 4.79 Å². The lowest BCUT2D eigenvalue weighted by Crippen LogP contribution is -2.26. The Morgan fingerprint density at radius 3 is 2.62 bits per heavy atom. The van der Waals surface area contributed by atoms with Crippen molar-refractivity contribution in [2.24, 2.45) is 11.3 Å². The Morgan fingerprint density at radius 2 is 1.97 bits per heavy atom. The van der Waals surface area contributed by atoms with E-state index in [2.05, 4.69) is 26.1 Å². The fourth-order valence-electron chi connectivity index (χ4n) is 3.70. The summed E-state index contributed by atoms with van der Waals surface area (Å²) in [6.45, 7) is 6.81. The largest absolute Gasteiger partial charge is 0.465 e. The van der Waals surface area contributed by atoms with Gasteiger partial charge in [0.1, 0.15) is 5.00 Å². The molecule has 0 saturated carbocycles. The Labute approximate surface area is 181 Å². The number of carbonyl (C=O) groups excluding carboxylic acids is 2. The molecule has 1 amide bonds. The van der Waals surface area contributed by atoms with Gasteiger partial charge in [-0.15, -0.1) is 23.1 Å². The maximum atomic E-state index is 12.5. The summed E-state index contributed by atoms with van der Waals surface area (Å²) in [5.41, 5.74) is 1.85. The molecule has 0 radical (unpaired) electrons. The quantitative estimate of drug-likeness (QED) is 0.463. The summed E-state index contributed by atoms with van der Waals surface area (Å²) >= 11 is 3.20. The van der Waals surface area contributed by atoms with Gasteiger partial charge in [0.05, 0.1) is 12.7 Å². The Hall–Kier alpha value is -1.79. The second-order valence-corrected chi connectivity index (χ2v) is 10.7. The van der Waals surface area contributed by atoms with Crippen LogP contribution in [-0.4, -0.2) is 24.7 Å². The summed E-state index contributed by atoms with van der Waals surface area (Å²) in [6, 6.07) is 10.0. The van der Waals surface area contributed by atoms with Gasteiger partial charge in [0.15, 0.2) is 0 Å². The number of hydrogen-bond acceptors (Lipinski definition) is 5. The van der Waals surface area contributed by atoms with E-state index in [0.29, 0.717) is 28.7 Å². The first kappa shape index (κ1) is 21.9. The highest BCUT2D eigenvalue weighted by atomic mass is 32.2. The number of esters is 1. The molecule has 1 aliphatic rings. The fraction of sp³-hybridized carbons (Fsp3) is 0.478. The number of nitrogens with one attached hydrogen (secondary N) is 1. The van der Waals surface area contributed by atoms with Gasteiger partial charge >= 0.3 is 5.97 Å². The number of hydrogen-bond donors (Lipinski definition) is 1. The SMILES string of the molecule is COC(=O)c1c(NC(=O)CCSc2ccccc2)sc2c1CCC(C(C)(C)C)C2. The lowest BCUT2D eigenvalue weighted by Gasteiger charge is -2.33. The molecule has 1 aromatic heterocycles. The van der Waals surface area contributed by atoms with E-state index < -0.39 is 0 Å². The van der Waals surface area contributed by atoms with Gasteiger partial charge < -0.3 is 10.1 Å². The summed E-state index contributed by atoms with van der Waals surface area (Å²) < 4.78 is 5.03. The molecule has 29 heavy (non-hydrogen) atoms. The van der Waals surface area contributed by atoms with Gasteiger partial charge in [-0.1, -0.05) is 39.0 Å². The van der Waals surface area contributed by atoms with Crippen LogP contribution in [-0.2, 0) is 22.4 Å². The standard InChI is InChI=1S/C23H29NO3S2/c1-23(2,3)15-10-11-17-18(14-15)29-21(20(17)22(26)27-4)24-19(25)12-13-28-16-8-6-5-7-9-16/h5-9,15H,10-14H2,1-4H3,(H,24,25). The van der Waals surface area contributed by atoms with Crippen LogP contribution in [0.4, 0.5) is 5.00 Å². The van der Waals surface area contributed by atoms with E-state index in [0.717, 1.165) is 29.7 Å². The number of rotatable bonds is 6. The summed E-state index contributed by atoms with van der Waals surface area (Å²) in [4.78, 5) is 27.3. The molecule has 0 aliphatic heterocycles. The van der Waals surface area contributed by atoms with Crippen LogP contribution in [0.1, 0.15) is 54.4 Å². The van der Waals surface area contributed by atoms with E-state index in [1.54, 1.807) is 23.1 Å². The maximum Gasteiger partial charge on any atom is 0.341 e. The minimum absolute atomic E-state index is 0.0652. The fourth-order valence-corrected chi connectivity index (χ4v) is 5.90. The molecule has 1 heterocycles. The van der Waals surface area contributed by atoms with Crippen molar-refractivity contribution in [3.8, 4) is 0 Å². The lowest BCUT2D eigenvalue weighted by molar-refractivity contribution is -0.115. The van der Waals surface area contributed by atoms with Crippen LogP contribution in [0.25, 0.3) is 0 Å². The van der Waals surface area contributed by atoms with Crippen LogP contribution >= 0.6 is 23.1 Å². The molecule has 0 saturated heterocycles. The molecule has 4 nitrogen and oxygen atoms in total. The number of benzene rings is 1. The average Bonchev–Trinajstić information content (AvgIpc) is 3.04. The summed E-state index contributed by atoms with van der Waals surface area (Å²) in [6.07, 6.45) is 3.26. The highest BCUT2D eigenvalue weighted by Gasteiger charge is 2.34. The summed E-state index contributed by atoms with van der Waals surface area (Å²) in [5, 5.41) is 3.63. The molecular weight excluding hydrogens is 402 g/mol. The first-order valence-electron chi connectivity index (χ1n) is 10.00. The van der Waals surface area contributed by atoms with E-state index >= 15 is 0 Å². The van der Waals surface area contributed by atoms with Crippen LogP contribution in [0.5, 0.6) is 0 Å². The predicted molar refractivity (Wildman–Crippen MR) is 121 cm³/mol. The minimum Gasteiger partial charge on any atom is -0.465 e. The topological polar surface area (TPSA) is 55.4 Å². The molecule has 0 bridgehead atoms. The predicted octanol–water partition coefficient (Wildman–Crippen LogP) is 5.81. The minimum atomic E-state index is -0.356. The number of thiophene rings is 1. The molecule has 1 N–H and O–H groups in total. The second-order valence-electron chi connectivity index (χ2n) is 8.46. The average molecular weight is 432 g/mol. The zero-order chi connectivity index (χ0) is 21.0. The Kier molecular flexibility index (Phi) is 7.06. The number of ether oxygens (including phenoxy) is 1. The molecule has 1 aliphatic carbocycles. The first-order valence-corrected chi connectivity index (χ1v) is 11.8. The molecule has 6 heteroatoms. The number of fused-ring (bicyclic) bond motifs is 1. The molecule has 3 rings (SSSR count). The van der Waals surface area contributed by atoms with Gasteiger partial charge in [0, 0.05) is 21.9 Å². The van der Waals surface area contributed by atoms with E-state index in [9.17, 15) is 9.59 Å². The van der Waals surface area contributed by atoms with Crippen molar-refractivity contribution in [3.05, 3.63) is 46.3 Å². The molecule has 2 aromatic rings. The van der Waals surface area contributed by atoms with Gasteiger partial charge in [-0.05, 0) is 48.3 Å². The van der Waals surface area contributed by atoms with Crippen LogP contribution in [0, 0.1) is 11.3 Å². The lowest BCUT2D eigenvalue weighted by atomic mass is 9.72. The third kappa shape index (κ3) is 5.43. The molecule has 0 spiro atoms. The molecule has 1 aromatic carbocycles. The van der Waals surface area contributed by atoms with Crippen LogP contribution in [0.3, 0.4) is 0 Å². The van der Waals surface area contributed by atoms with Crippen molar-refractivity contribution in [1.82, 2.24) is 0 Å². The van der Waals surface area contributed by atoms with Crippen molar-refractivity contribution >= 4 is 40.0 Å². The Bertz CT molecular complexity index is 868. The van der Waals surface area contributed by atoms with Crippen LogP contribution in [0.2, 0.25) is 0 Å². The number of amides is 1. The number of thioether (sulfide) groups is 1. The molecule has 0 fully saturated rings. The van der Waals surface area contributed by atoms with Gasteiger partial charge in [0.25, 0.3) is 0 Å². The van der Waals surface area contributed by atoms with Crippen molar-refractivity contribution in [2.45, 2.75) is 51.3 Å². The summed E-state index contributed by atoms with van der Waals surface area (Å²) in [7, 11) is 1.40. The van der Waals surface area contributed by atoms with Crippen LogP contribution < -0.4 is 5.32 Å². The number of anilines is 1. The third-order valence-electron chi connectivity index (χ3n) is 5.47. The molecular formula is C23H29NO3S2. The van der Waals surface area contributed by atoms with Crippen molar-refractivity contribution < 1.29 is 14.3 Å². The number of carbonyl (C=O) groups is 2. The second kappa shape index (κ2) is 9.35. The summed E-state index contributed by atoms with van der Waals surface area (Å²) in [5.74, 6) is 0.848. The van der Waals surface area contributed by atoms with Crippen molar-refractivity contribution in [1.29, 1.82) is 0 Å². The smallest absolute Gasteiger partial charge is 0.341 e. The van der Waals surface area contributed by atoms with Crippen LogP contribution in [0.15, 0.2) is 35.2 Å². The zero-order valence-electron chi connectivity index (χ0n) is 17.5. The monoisotopic (exact) mass is 431 g/mol. The van der Waals surface area contributed by atoms with E-state index in [1.807, 2.05) is 30.3 Å². The number of methoxy groups -OCH3 is 1. The van der Waals surface area contributed by atoms with Crippen molar-refractivity contribution in [2.75, 3.05) is 18.2 Å². The Morgan fingerprint density at radius 1 is 1.24 bits per heavy atom. The van der Waals surface area contributed by atoms with E-state index in [1.165, 1.54) is 12.0 Å². The first-order chi connectivity index (χ1) is 13.8. The normalized spacial score (nSPS) is 16.2. The molecule has 156 valence electrons. The maximum absolute atomic E-state index is 12.5. The third-order valence-corrected chi connectivity index (χ3v) is 7.66. The van der Waals surface area contributed by atoms with E-state index in [4.69, 9.17) is 4.74 Å². The molecule has 1 unspecified atom stereocenters. The Balaban J connectivity index is 1.70. The van der Waals surface area contributed by atoms with Gasteiger partial charge in [-0.2, -0.15) is 0 Å².